The zero-order valence-electron chi connectivity index (χ0n) is 20.6. The van der Waals surface area contributed by atoms with E-state index >= 15 is 0 Å². The van der Waals surface area contributed by atoms with E-state index in [9.17, 15) is 14.4 Å². The van der Waals surface area contributed by atoms with Crippen molar-refractivity contribution in [3.63, 3.8) is 0 Å². The van der Waals surface area contributed by atoms with E-state index in [1.165, 1.54) is 0 Å². The van der Waals surface area contributed by atoms with Crippen molar-refractivity contribution in [2.24, 2.45) is 0 Å². The Bertz CT molecular complexity index is 976. The number of benzene rings is 2. The molecule has 3 rings (SSSR count). The molecule has 0 radical (unpaired) electrons. The Morgan fingerprint density at radius 3 is 2.03 bits per heavy atom. The van der Waals surface area contributed by atoms with Crippen LogP contribution in [0.15, 0.2) is 48.5 Å². The number of nitrogens with one attached hydrogen (secondary N) is 2. The van der Waals surface area contributed by atoms with E-state index in [0.717, 1.165) is 41.5 Å². The third-order valence-electron chi connectivity index (χ3n) is 6.43. The lowest BCUT2D eigenvalue weighted by molar-refractivity contribution is -0.137. The highest BCUT2D eigenvalue weighted by Crippen LogP contribution is 2.44. The lowest BCUT2D eigenvalue weighted by Crippen LogP contribution is -2.43. The number of alkyl carbamates (subject to hydrolysis) is 1. The van der Waals surface area contributed by atoms with Crippen LogP contribution in [0, 0.1) is 0 Å². The number of hydrogen-bond acceptors (Lipinski definition) is 4. The van der Waals surface area contributed by atoms with Gasteiger partial charge >= 0.3 is 12.1 Å². The van der Waals surface area contributed by atoms with Gasteiger partial charge in [0.15, 0.2) is 0 Å². The molecule has 2 amide bonds. The van der Waals surface area contributed by atoms with Gasteiger partial charge in [0.2, 0.25) is 5.91 Å². The molecule has 0 aliphatic heterocycles. The summed E-state index contributed by atoms with van der Waals surface area (Å²) in [5.74, 6) is -1.23. The zero-order valence-corrected chi connectivity index (χ0v) is 20.6. The summed E-state index contributed by atoms with van der Waals surface area (Å²) >= 11 is 0. The Balaban J connectivity index is 1.59. The average molecular weight is 481 g/mol. The van der Waals surface area contributed by atoms with E-state index in [4.69, 9.17) is 9.84 Å². The Morgan fingerprint density at radius 1 is 0.857 bits per heavy atom. The topological polar surface area (TPSA) is 105 Å². The molecule has 188 valence electrons. The summed E-state index contributed by atoms with van der Waals surface area (Å²) in [7, 11) is 0. The number of carbonyl (C=O) groups excluding carboxylic acids is 2. The third-order valence-corrected chi connectivity index (χ3v) is 6.43. The Morgan fingerprint density at radius 2 is 1.46 bits per heavy atom. The van der Waals surface area contributed by atoms with Crippen LogP contribution in [0.5, 0.6) is 0 Å². The number of amides is 2. The molecule has 0 fully saturated rings. The number of fused-ring (bicyclic) bond motifs is 3. The SMILES string of the molecule is CCCC[C@@H](CC(=O)N[C@@H](CCC)CC(=O)O)NC(=O)OCC1c2ccccc2-c2ccccc21. The van der Waals surface area contributed by atoms with E-state index < -0.39 is 18.1 Å². The quantitative estimate of drug-likeness (QED) is 0.364. The van der Waals surface area contributed by atoms with E-state index in [0.29, 0.717) is 12.8 Å². The first-order valence-electron chi connectivity index (χ1n) is 12.6. The normalized spacial score (nSPS) is 13.9. The molecule has 7 heteroatoms. The molecule has 0 saturated heterocycles. The van der Waals surface area contributed by atoms with Gasteiger partial charge in [0, 0.05) is 24.4 Å². The first-order chi connectivity index (χ1) is 16.9. The molecule has 7 nitrogen and oxygen atoms in total. The van der Waals surface area contributed by atoms with E-state index in [1.54, 1.807) is 0 Å². The number of carboxylic acids is 1. The summed E-state index contributed by atoms with van der Waals surface area (Å²) < 4.78 is 5.64. The van der Waals surface area contributed by atoms with Crippen LogP contribution in [0.2, 0.25) is 0 Å². The number of unbranched alkanes of at least 4 members (excludes halogenated alkanes) is 1. The molecule has 3 N–H and O–H groups in total. The van der Waals surface area contributed by atoms with Crippen molar-refractivity contribution in [3.8, 4) is 11.1 Å². The van der Waals surface area contributed by atoms with Crippen molar-refractivity contribution in [3.05, 3.63) is 59.7 Å². The first-order valence-corrected chi connectivity index (χ1v) is 12.6. The number of carboxylic acid groups (broad SMARTS) is 1. The predicted octanol–water partition coefficient (Wildman–Crippen LogP) is 5.23. The number of ether oxygens (including phenoxy) is 1. The summed E-state index contributed by atoms with van der Waals surface area (Å²) in [4.78, 5) is 36.4. The number of aliphatic carboxylic acids is 1. The van der Waals surface area contributed by atoms with Gasteiger partial charge < -0.3 is 20.5 Å². The highest BCUT2D eigenvalue weighted by atomic mass is 16.5. The molecule has 0 saturated carbocycles. The maximum absolute atomic E-state index is 12.7. The van der Waals surface area contributed by atoms with E-state index in [1.807, 2.05) is 31.2 Å². The zero-order chi connectivity index (χ0) is 25.2. The van der Waals surface area contributed by atoms with Crippen molar-refractivity contribution in [2.45, 2.75) is 76.8 Å². The number of hydrogen-bond donors (Lipinski definition) is 3. The second-order valence-electron chi connectivity index (χ2n) is 9.16. The van der Waals surface area contributed by atoms with Gasteiger partial charge in [0.05, 0.1) is 6.42 Å². The molecule has 0 spiro atoms. The maximum atomic E-state index is 12.7. The minimum Gasteiger partial charge on any atom is -0.481 e. The van der Waals surface area contributed by atoms with Crippen LogP contribution in [0.1, 0.15) is 75.8 Å². The van der Waals surface area contributed by atoms with Gasteiger partial charge in [-0.3, -0.25) is 9.59 Å². The molecule has 2 aromatic rings. The highest BCUT2D eigenvalue weighted by Gasteiger charge is 2.29. The summed E-state index contributed by atoms with van der Waals surface area (Å²) in [5.41, 5.74) is 4.61. The summed E-state index contributed by atoms with van der Waals surface area (Å²) in [5, 5.41) is 14.8. The highest BCUT2D eigenvalue weighted by molar-refractivity contribution is 5.80. The molecule has 35 heavy (non-hydrogen) atoms. The molecule has 1 aliphatic rings. The van der Waals surface area contributed by atoms with Gasteiger partial charge in [-0.2, -0.15) is 0 Å². The molecule has 0 unspecified atom stereocenters. The van der Waals surface area contributed by atoms with Crippen LogP contribution < -0.4 is 10.6 Å². The minimum absolute atomic E-state index is 0.0311. The van der Waals surface area contributed by atoms with Crippen LogP contribution in [0.25, 0.3) is 11.1 Å². The molecule has 2 aromatic carbocycles. The fraction of sp³-hybridized carbons (Fsp3) is 0.464. The minimum atomic E-state index is -0.942. The van der Waals surface area contributed by atoms with E-state index in [-0.39, 0.29) is 37.3 Å². The molecule has 1 aliphatic carbocycles. The van der Waals surface area contributed by atoms with Crippen molar-refractivity contribution in [1.29, 1.82) is 0 Å². The maximum Gasteiger partial charge on any atom is 0.407 e. The molecule has 0 aromatic heterocycles. The summed E-state index contributed by atoms with van der Waals surface area (Å²) in [6.45, 7) is 4.21. The number of rotatable bonds is 13. The molecular formula is C28H36N2O5. The average Bonchev–Trinajstić information content (AvgIpc) is 3.14. The van der Waals surface area contributed by atoms with Gasteiger partial charge in [-0.25, -0.2) is 4.79 Å². The van der Waals surface area contributed by atoms with Gasteiger partial charge in [-0.15, -0.1) is 0 Å². The lowest BCUT2D eigenvalue weighted by atomic mass is 9.98. The van der Waals surface area contributed by atoms with Crippen LogP contribution in [-0.2, 0) is 14.3 Å². The Hall–Kier alpha value is -3.35. The van der Waals surface area contributed by atoms with Crippen LogP contribution in [0.4, 0.5) is 4.79 Å². The van der Waals surface area contributed by atoms with Crippen molar-refractivity contribution >= 4 is 18.0 Å². The largest absolute Gasteiger partial charge is 0.481 e. The van der Waals surface area contributed by atoms with Gasteiger partial charge in [0.25, 0.3) is 0 Å². The smallest absolute Gasteiger partial charge is 0.407 e. The Kier molecular flexibility index (Phi) is 9.70. The lowest BCUT2D eigenvalue weighted by Gasteiger charge is -2.21. The van der Waals surface area contributed by atoms with Gasteiger partial charge in [0.1, 0.15) is 6.61 Å². The third kappa shape index (κ3) is 7.31. The van der Waals surface area contributed by atoms with Crippen LogP contribution in [0.3, 0.4) is 0 Å². The van der Waals surface area contributed by atoms with Crippen molar-refractivity contribution in [2.75, 3.05) is 6.61 Å². The van der Waals surface area contributed by atoms with Gasteiger partial charge in [-0.05, 0) is 35.1 Å². The summed E-state index contributed by atoms with van der Waals surface area (Å²) in [6, 6.07) is 15.5. The predicted molar refractivity (Wildman–Crippen MR) is 135 cm³/mol. The standard InChI is InChI=1S/C28H36N2O5/c1-3-5-11-20(16-26(31)29-19(10-4-2)17-27(32)33)30-28(34)35-18-25-23-14-8-6-12-21(23)22-13-7-9-15-24(22)25/h6-9,12-15,19-20,25H,3-5,10-11,16-18H2,1-2H3,(H,29,31)(H,30,34)(H,32,33)/t19-,20-/m0/s1. The fourth-order valence-electron chi connectivity index (χ4n) is 4.78. The van der Waals surface area contributed by atoms with Crippen LogP contribution >= 0.6 is 0 Å². The number of carbonyl (C=O) groups is 3. The first kappa shape index (κ1) is 26.3. The van der Waals surface area contributed by atoms with Crippen molar-refractivity contribution < 1.29 is 24.2 Å². The fourth-order valence-corrected chi connectivity index (χ4v) is 4.78. The molecule has 0 heterocycles. The second-order valence-corrected chi connectivity index (χ2v) is 9.16. The molecule has 0 bridgehead atoms. The van der Waals surface area contributed by atoms with E-state index in [2.05, 4.69) is 41.8 Å². The molecular weight excluding hydrogens is 444 g/mol. The second kappa shape index (κ2) is 12.9. The Labute approximate surface area is 207 Å². The van der Waals surface area contributed by atoms with Crippen LogP contribution in [-0.4, -0.2) is 41.8 Å². The summed E-state index contributed by atoms with van der Waals surface area (Å²) in [6.07, 6.45) is 3.23. The molecule has 2 atom stereocenters. The van der Waals surface area contributed by atoms with Crippen molar-refractivity contribution in [1.82, 2.24) is 10.6 Å². The monoisotopic (exact) mass is 480 g/mol. The van der Waals surface area contributed by atoms with Gasteiger partial charge in [-0.1, -0.05) is 81.6 Å².